The Kier molecular flexibility index (Phi) is 9.29. The molecular weight excluding hydrogens is 674 g/mol. The van der Waals surface area contributed by atoms with E-state index in [1.807, 2.05) is 0 Å². The highest BCUT2D eigenvalue weighted by Crippen LogP contribution is 2.33. The van der Waals surface area contributed by atoms with E-state index in [2.05, 4.69) is 20.3 Å². The Labute approximate surface area is 267 Å². The number of halogens is 6. The lowest BCUT2D eigenvalue weighted by atomic mass is 10.1. The molecule has 2 amide bonds. The number of aromatic nitrogens is 5. The summed E-state index contributed by atoms with van der Waals surface area (Å²) in [6.45, 7) is 0.485. The summed E-state index contributed by atoms with van der Waals surface area (Å²) >= 11 is 0. The highest BCUT2D eigenvalue weighted by atomic mass is 32.2. The summed E-state index contributed by atoms with van der Waals surface area (Å²) in [4.78, 5) is 32.5. The van der Waals surface area contributed by atoms with Gasteiger partial charge in [0, 0.05) is 55.3 Å². The Morgan fingerprint density at radius 1 is 0.896 bits per heavy atom. The highest BCUT2D eigenvalue weighted by Gasteiger charge is 2.34. The summed E-state index contributed by atoms with van der Waals surface area (Å²) < 4.78 is 105. The van der Waals surface area contributed by atoms with E-state index in [0.29, 0.717) is 11.1 Å². The summed E-state index contributed by atoms with van der Waals surface area (Å²) in [6, 6.07) is 6.74. The fraction of sp³-hybridized carbons (Fsp3) is 0.286. The highest BCUT2D eigenvalue weighted by molar-refractivity contribution is 7.90. The molecule has 0 bridgehead atoms. The van der Waals surface area contributed by atoms with E-state index in [0.717, 1.165) is 18.2 Å². The first-order chi connectivity index (χ1) is 22.5. The lowest BCUT2D eigenvalue weighted by molar-refractivity contribution is -0.137. The molecular formula is C28H24F6N8O5S. The quantitative estimate of drug-likeness (QED) is 0.261. The van der Waals surface area contributed by atoms with Gasteiger partial charge in [0.15, 0.2) is 11.5 Å². The second-order valence-corrected chi connectivity index (χ2v) is 12.4. The average molecular weight is 699 g/mol. The molecule has 0 radical (unpaired) electrons. The molecule has 0 unspecified atom stereocenters. The van der Waals surface area contributed by atoms with Crippen LogP contribution in [0.3, 0.4) is 0 Å². The van der Waals surface area contributed by atoms with Crippen molar-refractivity contribution in [2.75, 3.05) is 36.8 Å². The SMILES string of the molecule is O=C(NS(=O)(=O)CCC(F)(F)F)c1ccc(N2CCN(C(=O)c3cc(-n4cc(-c5cncc(O)c5)cn4)cc(C(F)(F)F)c3)CC2)nn1. The monoisotopic (exact) mass is 698 g/mol. The third-order valence-electron chi connectivity index (χ3n) is 7.07. The summed E-state index contributed by atoms with van der Waals surface area (Å²) in [6.07, 6.45) is -5.68. The second kappa shape index (κ2) is 13.1. The van der Waals surface area contributed by atoms with Crippen LogP contribution in [0.15, 0.2) is 61.2 Å². The smallest absolute Gasteiger partial charge is 0.416 e. The predicted molar refractivity (Wildman–Crippen MR) is 156 cm³/mol. The number of carbonyl (C=O) groups is 2. The summed E-state index contributed by atoms with van der Waals surface area (Å²) in [5.41, 5.74) is -0.860. The van der Waals surface area contributed by atoms with Crippen LogP contribution in [-0.4, -0.2) is 93.3 Å². The molecule has 0 aliphatic carbocycles. The topological polar surface area (TPSA) is 164 Å². The van der Waals surface area contributed by atoms with Gasteiger partial charge in [-0.05, 0) is 36.4 Å². The Morgan fingerprint density at radius 3 is 2.25 bits per heavy atom. The van der Waals surface area contributed by atoms with Crippen molar-refractivity contribution in [3.05, 3.63) is 78.0 Å². The molecule has 3 aromatic heterocycles. The zero-order chi connectivity index (χ0) is 34.9. The Balaban J connectivity index is 1.25. The van der Waals surface area contributed by atoms with Crippen molar-refractivity contribution in [3.8, 4) is 22.6 Å². The van der Waals surface area contributed by atoms with Crippen LogP contribution in [0.4, 0.5) is 32.2 Å². The van der Waals surface area contributed by atoms with Crippen molar-refractivity contribution < 1.29 is 49.5 Å². The van der Waals surface area contributed by atoms with Gasteiger partial charge < -0.3 is 14.9 Å². The van der Waals surface area contributed by atoms with Gasteiger partial charge in [0.2, 0.25) is 10.0 Å². The number of anilines is 1. The van der Waals surface area contributed by atoms with Gasteiger partial charge in [-0.15, -0.1) is 10.2 Å². The average Bonchev–Trinajstić information content (AvgIpc) is 3.53. The molecule has 5 rings (SSSR count). The molecule has 4 aromatic rings. The van der Waals surface area contributed by atoms with E-state index < -0.39 is 57.6 Å². The van der Waals surface area contributed by atoms with Crippen molar-refractivity contribution in [3.63, 3.8) is 0 Å². The normalized spacial score (nSPS) is 14.2. The molecule has 20 heteroatoms. The van der Waals surface area contributed by atoms with Gasteiger partial charge in [-0.3, -0.25) is 14.6 Å². The first-order valence-corrected chi connectivity index (χ1v) is 15.5. The maximum atomic E-state index is 13.9. The number of carbonyl (C=O) groups excluding carboxylic acids is 2. The number of hydrogen-bond donors (Lipinski definition) is 2. The van der Waals surface area contributed by atoms with E-state index in [1.165, 1.54) is 57.3 Å². The molecule has 0 saturated carbocycles. The lowest BCUT2D eigenvalue weighted by Crippen LogP contribution is -2.49. The minimum absolute atomic E-state index is 0.0290. The maximum Gasteiger partial charge on any atom is 0.416 e. The van der Waals surface area contributed by atoms with E-state index in [9.17, 15) is 49.5 Å². The molecule has 0 spiro atoms. The van der Waals surface area contributed by atoms with Crippen molar-refractivity contribution >= 4 is 27.7 Å². The van der Waals surface area contributed by atoms with E-state index in [-0.39, 0.29) is 49.0 Å². The van der Waals surface area contributed by atoms with Gasteiger partial charge in [-0.25, -0.2) is 17.8 Å². The number of alkyl halides is 6. The first-order valence-electron chi connectivity index (χ1n) is 13.9. The predicted octanol–water partition coefficient (Wildman–Crippen LogP) is 3.42. The number of piperazine rings is 1. The number of pyridine rings is 1. The molecule has 48 heavy (non-hydrogen) atoms. The van der Waals surface area contributed by atoms with Crippen molar-refractivity contribution in [1.82, 2.24) is 34.6 Å². The number of rotatable bonds is 8. The second-order valence-electron chi connectivity index (χ2n) is 10.5. The third-order valence-corrected chi connectivity index (χ3v) is 8.31. The maximum absolute atomic E-state index is 13.9. The molecule has 0 atom stereocenters. The Bertz CT molecular complexity index is 1930. The standard InChI is InChI=1S/C28H24F6N8O5S/c29-27(30,31)3-8-48(46,47)39-25(44)23-1-2-24(38-37-23)40-4-6-41(7-5-40)26(45)17-9-20(28(32,33)34)12-21(10-17)42-16-19(14-36-42)18-11-22(43)15-35-13-18/h1-2,9-16,43H,3-8H2,(H,39,44). The van der Waals surface area contributed by atoms with E-state index in [4.69, 9.17) is 0 Å². The molecule has 254 valence electrons. The van der Waals surface area contributed by atoms with Crippen LogP contribution in [0.5, 0.6) is 5.75 Å². The molecule has 1 aromatic carbocycles. The van der Waals surface area contributed by atoms with Gasteiger partial charge in [-0.1, -0.05) is 0 Å². The number of nitrogens with one attached hydrogen (secondary N) is 1. The van der Waals surface area contributed by atoms with E-state index >= 15 is 0 Å². The molecule has 1 saturated heterocycles. The fourth-order valence-electron chi connectivity index (χ4n) is 4.66. The van der Waals surface area contributed by atoms with Gasteiger partial charge in [0.1, 0.15) is 5.75 Å². The zero-order valence-corrected chi connectivity index (χ0v) is 25.2. The van der Waals surface area contributed by atoms with Crippen molar-refractivity contribution in [1.29, 1.82) is 0 Å². The molecule has 4 heterocycles. The third kappa shape index (κ3) is 8.35. The van der Waals surface area contributed by atoms with Crippen molar-refractivity contribution in [2.45, 2.75) is 18.8 Å². The molecule has 1 aliphatic rings. The van der Waals surface area contributed by atoms with Crippen LogP contribution >= 0.6 is 0 Å². The number of aromatic hydroxyl groups is 1. The molecule has 1 fully saturated rings. The fourth-order valence-corrected chi connectivity index (χ4v) is 5.65. The Hall–Kier alpha value is -5.27. The van der Waals surface area contributed by atoms with Crippen LogP contribution in [0, 0.1) is 0 Å². The largest absolute Gasteiger partial charge is 0.506 e. The summed E-state index contributed by atoms with van der Waals surface area (Å²) in [5, 5.41) is 21.3. The zero-order valence-electron chi connectivity index (χ0n) is 24.4. The van der Waals surface area contributed by atoms with Crippen LogP contribution in [0.1, 0.15) is 32.8 Å². The number of nitrogens with zero attached hydrogens (tertiary/aromatic N) is 7. The minimum atomic E-state index is -4.77. The first kappa shape index (κ1) is 34.1. The molecule has 2 N–H and O–H groups in total. The van der Waals surface area contributed by atoms with Crippen LogP contribution in [-0.2, 0) is 16.2 Å². The van der Waals surface area contributed by atoms with Crippen molar-refractivity contribution in [2.24, 2.45) is 0 Å². The lowest BCUT2D eigenvalue weighted by Gasteiger charge is -2.35. The van der Waals surface area contributed by atoms with Crippen LogP contribution in [0.2, 0.25) is 0 Å². The Morgan fingerprint density at radius 2 is 1.62 bits per heavy atom. The van der Waals surface area contributed by atoms with Gasteiger partial charge in [0.25, 0.3) is 11.8 Å². The van der Waals surface area contributed by atoms with Crippen LogP contribution in [0.25, 0.3) is 16.8 Å². The van der Waals surface area contributed by atoms with E-state index in [1.54, 1.807) is 4.90 Å². The van der Waals surface area contributed by atoms with Gasteiger partial charge >= 0.3 is 12.4 Å². The van der Waals surface area contributed by atoms with Gasteiger partial charge in [0.05, 0.1) is 35.8 Å². The molecule has 1 aliphatic heterocycles. The number of benzene rings is 1. The summed E-state index contributed by atoms with van der Waals surface area (Å²) in [5.74, 6) is -3.17. The summed E-state index contributed by atoms with van der Waals surface area (Å²) in [7, 11) is -4.58. The number of amides is 2. The van der Waals surface area contributed by atoms with Crippen LogP contribution < -0.4 is 9.62 Å². The van der Waals surface area contributed by atoms with Gasteiger partial charge in [-0.2, -0.15) is 31.4 Å². The number of hydrogen-bond acceptors (Lipinski definition) is 10. The minimum Gasteiger partial charge on any atom is -0.506 e. The number of sulfonamides is 1. The molecule has 13 nitrogen and oxygen atoms in total.